The van der Waals surface area contributed by atoms with Crippen LogP contribution in [0.1, 0.15) is 20.8 Å². The smallest absolute Gasteiger partial charge is 0.325 e. The Morgan fingerprint density at radius 2 is 2.08 bits per heavy atom. The van der Waals surface area contributed by atoms with E-state index in [4.69, 9.17) is 4.74 Å². The lowest BCUT2D eigenvalue weighted by molar-refractivity contribution is -0.154. The largest absolute Gasteiger partial charge is 0.510 e. The number of aliphatic imine (C=N–C) groups is 1. The zero-order valence-corrected chi connectivity index (χ0v) is 16.3. The summed E-state index contributed by atoms with van der Waals surface area (Å²) in [6, 6.07) is 0. The maximum atomic E-state index is 12.4. The highest BCUT2D eigenvalue weighted by atomic mass is 32.2. The van der Waals surface area contributed by atoms with E-state index in [1.807, 2.05) is 6.26 Å². The molecule has 0 aromatic heterocycles. The average molecular weight is 387 g/mol. The van der Waals surface area contributed by atoms with Crippen molar-refractivity contribution in [1.82, 2.24) is 10.2 Å². The second kappa shape index (κ2) is 7.28. The normalized spacial score (nSPS) is 23.3. The molecule has 0 bridgehead atoms. The predicted molar refractivity (Wildman–Crippen MR) is 97.4 cm³/mol. The van der Waals surface area contributed by atoms with Crippen LogP contribution in [-0.4, -0.2) is 69.0 Å². The molecule has 138 valence electrons. The van der Waals surface area contributed by atoms with Gasteiger partial charge in [0.2, 0.25) is 0 Å². The molecule has 0 spiro atoms. The summed E-state index contributed by atoms with van der Waals surface area (Å²) in [5.41, 5.74) is -1.04. The first kappa shape index (κ1) is 19.6. The van der Waals surface area contributed by atoms with Gasteiger partial charge in [-0.05, 0) is 27.0 Å². The SMILES string of the molecule is CSC1=NC2C(S1)C(O)=C(C(=O)NCC(=O)OC(C)(C)C)C(=O)N2C. The van der Waals surface area contributed by atoms with Gasteiger partial charge < -0.3 is 20.1 Å². The van der Waals surface area contributed by atoms with Crippen molar-refractivity contribution in [1.29, 1.82) is 0 Å². The monoisotopic (exact) mass is 387 g/mol. The van der Waals surface area contributed by atoms with Gasteiger partial charge in [-0.1, -0.05) is 11.8 Å². The highest BCUT2D eigenvalue weighted by Gasteiger charge is 2.46. The second-order valence-electron chi connectivity index (χ2n) is 6.50. The van der Waals surface area contributed by atoms with Gasteiger partial charge in [0.15, 0.2) is 0 Å². The van der Waals surface area contributed by atoms with Gasteiger partial charge in [0, 0.05) is 7.05 Å². The lowest BCUT2D eigenvalue weighted by atomic mass is 10.0. The fraction of sp³-hybridized carbons (Fsp3) is 0.600. The van der Waals surface area contributed by atoms with Gasteiger partial charge in [0.05, 0.1) is 0 Å². The minimum atomic E-state index is -0.808. The zero-order valence-electron chi connectivity index (χ0n) is 14.7. The molecule has 0 fully saturated rings. The van der Waals surface area contributed by atoms with Crippen LogP contribution in [0.5, 0.6) is 0 Å². The molecule has 8 nitrogen and oxygen atoms in total. The van der Waals surface area contributed by atoms with Crippen LogP contribution in [0.4, 0.5) is 0 Å². The molecule has 2 atom stereocenters. The molecule has 2 heterocycles. The Hall–Kier alpha value is -1.68. The Kier molecular flexibility index (Phi) is 5.72. The topological polar surface area (TPSA) is 108 Å². The van der Waals surface area contributed by atoms with Gasteiger partial charge in [0.1, 0.15) is 39.3 Å². The number of carbonyl (C=O) groups is 3. The number of fused-ring (bicyclic) bond motifs is 1. The quantitative estimate of drug-likeness (QED) is 0.547. The minimum absolute atomic E-state index is 0.312. The molecule has 2 unspecified atom stereocenters. The lowest BCUT2D eigenvalue weighted by Gasteiger charge is -2.32. The first-order valence-corrected chi connectivity index (χ1v) is 9.64. The molecule has 0 aromatic rings. The van der Waals surface area contributed by atoms with Crippen LogP contribution in [0.25, 0.3) is 0 Å². The average Bonchev–Trinajstić information content (AvgIpc) is 2.94. The fourth-order valence-corrected chi connectivity index (χ4v) is 4.23. The third-order valence-corrected chi connectivity index (χ3v) is 5.68. The van der Waals surface area contributed by atoms with Crippen LogP contribution < -0.4 is 5.32 Å². The summed E-state index contributed by atoms with van der Waals surface area (Å²) in [5, 5.41) is 12.2. The van der Waals surface area contributed by atoms with E-state index in [0.717, 1.165) is 4.38 Å². The molecule has 25 heavy (non-hydrogen) atoms. The van der Waals surface area contributed by atoms with Crippen molar-refractivity contribution in [3.63, 3.8) is 0 Å². The number of amides is 2. The van der Waals surface area contributed by atoms with E-state index in [-0.39, 0.29) is 11.3 Å². The number of nitrogens with zero attached hydrogens (tertiary/aromatic N) is 2. The molecule has 10 heteroatoms. The molecular formula is C15H21N3O5S2. The van der Waals surface area contributed by atoms with E-state index < -0.39 is 41.3 Å². The van der Waals surface area contributed by atoms with Gasteiger partial charge in [-0.15, -0.1) is 11.8 Å². The molecule has 0 aromatic carbocycles. The Balaban J connectivity index is 2.12. The minimum Gasteiger partial charge on any atom is -0.510 e. The van der Waals surface area contributed by atoms with Gasteiger partial charge in [-0.25, -0.2) is 4.99 Å². The number of likely N-dealkylation sites (N-methyl/N-ethyl adjacent to an activating group) is 1. The molecule has 2 aliphatic rings. The highest BCUT2D eigenvalue weighted by molar-refractivity contribution is 8.39. The number of esters is 1. The summed E-state index contributed by atoms with van der Waals surface area (Å²) < 4.78 is 5.83. The first-order chi connectivity index (χ1) is 11.5. The van der Waals surface area contributed by atoms with E-state index in [1.54, 1.807) is 20.8 Å². The Morgan fingerprint density at radius 3 is 2.64 bits per heavy atom. The molecule has 0 aliphatic carbocycles. The maximum absolute atomic E-state index is 12.4. The molecule has 2 aliphatic heterocycles. The molecule has 2 rings (SSSR count). The van der Waals surface area contributed by atoms with Crippen molar-refractivity contribution in [3.8, 4) is 0 Å². The van der Waals surface area contributed by atoms with Crippen LogP contribution in [0.15, 0.2) is 16.3 Å². The van der Waals surface area contributed by atoms with Gasteiger partial charge in [-0.2, -0.15) is 0 Å². The number of carbonyl (C=O) groups excluding carboxylic acids is 3. The predicted octanol–water partition coefficient (Wildman–Crippen LogP) is 0.889. The summed E-state index contributed by atoms with van der Waals surface area (Å²) in [6.45, 7) is 4.74. The number of hydrogen-bond donors (Lipinski definition) is 2. The first-order valence-electron chi connectivity index (χ1n) is 7.54. The zero-order chi connectivity index (χ0) is 18.9. The van der Waals surface area contributed by atoms with Crippen LogP contribution in [-0.2, 0) is 19.1 Å². The summed E-state index contributed by atoms with van der Waals surface area (Å²) in [5.74, 6) is -2.38. The molecule has 2 amide bonds. The van der Waals surface area contributed by atoms with E-state index in [0.29, 0.717) is 0 Å². The van der Waals surface area contributed by atoms with E-state index in [1.165, 1.54) is 35.5 Å². The van der Waals surface area contributed by atoms with Crippen molar-refractivity contribution in [2.24, 2.45) is 4.99 Å². The number of thioether (sulfide) groups is 2. The van der Waals surface area contributed by atoms with E-state index in [2.05, 4.69) is 10.3 Å². The van der Waals surface area contributed by atoms with Crippen molar-refractivity contribution < 1.29 is 24.2 Å². The van der Waals surface area contributed by atoms with Crippen molar-refractivity contribution in [3.05, 3.63) is 11.3 Å². The number of aliphatic hydroxyl groups is 1. The molecule has 2 N–H and O–H groups in total. The summed E-state index contributed by atoms with van der Waals surface area (Å²) in [6.07, 6.45) is 1.31. The number of aliphatic hydroxyl groups excluding tert-OH is 1. The highest BCUT2D eigenvalue weighted by Crippen LogP contribution is 2.40. The number of ether oxygens (including phenoxy) is 1. The Bertz CT molecular complexity index is 669. The van der Waals surface area contributed by atoms with Crippen LogP contribution in [0.2, 0.25) is 0 Å². The summed E-state index contributed by atoms with van der Waals surface area (Å²) in [4.78, 5) is 42.2. The Labute approximate surface area is 154 Å². The summed E-state index contributed by atoms with van der Waals surface area (Å²) in [7, 11) is 1.53. The maximum Gasteiger partial charge on any atom is 0.325 e. The Morgan fingerprint density at radius 1 is 1.44 bits per heavy atom. The van der Waals surface area contributed by atoms with Crippen LogP contribution in [0.3, 0.4) is 0 Å². The molecule has 0 saturated heterocycles. The summed E-state index contributed by atoms with van der Waals surface area (Å²) >= 11 is 2.71. The van der Waals surface area contributed by atoms with Crippen molar-refractivity contribution >= 4 is 45.7 Å². The van der Waals surface area contributed by atoms with Gasteiger partial charge >= 0.3 is 5.97 Å². The number of nitrogens with one attached hydrogen (secondary N) is 1. The third-order valence-electron chi connectivity index (χ3n) is 3.41. The van der Waals surface area contributed by atoms with Crippen LogP contribution >= 0.6 is 23.5 Å². The van der Waals surface area contributed by atoms with Crippen molar-refractivity contribution in [2.45, 2.75) is 37.8 Å². The molecule has 0 radical (unpaired) electrons. The van der Waals surface area contributed by atoms with E-state index >= 15 is 0 Å². The fourth-order valence-electron chi connectivity index (χ4n) is 2.34. The van der Waals surface area contributed by atoms with E-state index in [9.17, 15) is 19.5 Å². The standard InChI is InChI=1S/C15H21N3O5S2/c1-15(2,3)23-7(19)6-16-12(21)8-9(20)10-11(18(4)13(8)22)17-14(24-5)25-10/h10-11,20H,6H2,1-5H3,(H,16,21). The van der Waals surface area contributed by atoms with Crippen molar-refractivity contribution in [2.75, 3.05) is 19.8 Å². The third kappa shape index (κ3) is 4.30. The van der Waals surface area contributed by atoms with Crippen LogP contribution in [0, 0.1) is 0 Å². The van der Waals surface area contributed by atoms with Gasteiger partial charge in [-0.3, -0.25) is 14.4 Å². The second-order valence-corrected chi connectivity index (χ2v) is 8.68. The lowest BCUT2D eigenvalue weighted by Crippen LogP contribution is -2.50. The molecule has 0 saturated carbocycles. The number of rotatable bonds is 3. The van der Waals surface area contributed by atoms with Gasteiger partial charge in [0.25, 0.3) is 11.8 Å². The number of hydrogen-bond acceptors (Lipinski definition) is 8. The molecular weight excluding hydrogens is 366 g/mol.